The molecule has 2 aromatic heterocycles. The number of ether oxygens (including phenoxy) is 3. The monoisotopic (exact) mass is 964 g/mol. The van der Waals surface area contributed by atoms with Crippen LogP contribution in [0.15, 0.2) is 90.4 Å². The molecule has 0 saturated carbocycles. The van der Waals surface area contributed by atoms with Crippen molar-refractivity contribution in [1.29, 1.82) is 0 Å². The summed E-state index contributed by atoms with van der Waals surface area (Å²) in [5.41, 5.74) is 12.0. The lowest BCUT2D eigenvalue weighted by molar-refractivity contribution is -0.144. The Balaban J connectivity index is 0.910. The molecule has 6 N–H and O–H groups in total. The molecule has 18 heteroatoms. The lowest BCUT2D eigenvalue weighted by Crippen LogP contribution is -2.58. The number of aliphatic hydroxyl groups is 1. The zero-order valence-electron chi connectivity index (χ0n) is 40.1. The molecule has 1 saturated heterocycles. The standard InChI is InChI=1S/C51H64N8O9S/c1-32(34-16-18-36(19-17-34)46-33(2)53-31-69-46)54-49(64)41-26-38(60)29-59(41)50(65)47(51(3,4)5)55-44(62)20-22-66-24-25-67-23-21-45(63)58(6)28-37(35-12-8-7-9-13-35)30-68-43-27-40(56-57-48(43)52)39-14-10-11-15-42(39)61/h7-19,27,31-32,37-38,41,47,60-61H,20-26,28-30H2,1-6H3,(H2,52,57)(H,54,64)(H,55,62). The second-order valence-corrected chi connectivity index (χ2v) is 19.2. The minimum Gasteiger partial charge on any atom is -0.507 e. The predicted octanol–water partition coefficient (Wildman–Crippen LogP) is 5.67. The van der Waals surface area contributed by atoms with Crippen molar-refractivity contribution in [2.24, 2.45) is 5.41 Å². The lowest BCUT2D eigenvalue weighted by Gasteiger charge is -2.35. The molecule has 3 aromatic carbocycles. The van der Waals surface area contributed by atoms with Crippen molar-refractivity contribution in [3.05, 3.63) is 107 Å². The second-order valence-electron chi connectivity index (χ2n) is 18.3. The molecule has 368 valence electrons. The topological polar surface area (TPSA) is 232 Å². The van der Waals surface area contributed by atoms with Gasteiger partial charge in [0.2, 0.25) is 23.6 Å². The van der Waals surface area contributed by atoms with E-state index in [0.717, 1.165) is 27.3 Å². The van der Waals surface area contributed by atoms with Gasteiger partial charge in [-0.05, 0) is 48.1 Å². The number of likely N-dealkylation sites (tertiary alicyclic amines) is 1. The van der Waals surface area contributed by atoms with E-state index in [9.17, 15) is 29.4 Å². The van der Waals surface area contributed by atoms with Crippen molar-refractivity contribution in [2.75, 3.05) is 58.9 Å². The van der Waals surface area contributed by atoms with E-state index in [4.69, 9.17) is 19.9 Å². The summed E-state index contributed by atoms with van der Waals surface area (Å²) in [6.07, 6.45) is -0.706. The van der Waals surface area contributed by atoms with Crippen LogP contribution in [0.25, 0.3) is 21.7 Å². The van der Waals surface area contributed by atoms with Gasteiger partial charge in [-0.2, -0.15) is 0 Å². The van der Waals surface area contributed by atoms with Gasteiger partial charge in [0.15, 0.2) is 11.6 Å². The summed E-state index contributed by atoms with van der Waals surface area (Å²) in [6, 6.07) is 23.7. The summed E-state index contributed by atoms with van der Waals surface area (Å²) >= 11 is 1.57. The number of phenolic OH excluding ortho intramolecular Hbond substituents is 1. The fourth-order valence-electron chi connectivity index (χ4n) is 8.01. The molecule has 0 spiro atoms. The third-order valence-corrected chi connectivity index (χ3v) is 12.9. The minimum atomic E-state index is -0.970. The van der Waals surface area contributed by atoms with Gasteiger partial charge in [-0.15, -0.1) is 21.5 Å². The Morgan fingerprint density at radius 2 is 1.59 bits per heavy atom. The van der Waals surface area contributed by atoms with Gasteiger partial charge in [-0.3, -0.25) is 19.2 Å². The second kappa shape index (κ2) is 24.2. The number of aliphatic hydroxyl groups excluding tert-OH is 1. The van der Waals surface area contributed by atoms with Crippen molar-refractivity contribution < 1.29 is 43.6 Å². The number of amides is 4. The number of hydrogen-bond donors (Lipinski definition) is 5. The molecule has 3 heterocycles. The third kappa shape index (κ3) is 14.3. The molecular formula is C51H64N8O9S. The number of likely N-dealkylation sites (N-methyl/N-ethyl adjacent to an activating group) is 1. The summed E-state index contributed by atoms with van der Waals surface area (Å²) in [5, 5.41) is 35.0. The van der Waals surface area contributed by atoms with E-state index in [1.54, 1.807) is 53.6 Å². The highest BCUT2D eigenvalue weighted by Gasteiger charge is 2.44. The number of aromatic hydroxyl groups is 1. The van der Waals surface area contributed by atoms with Crippen LogP contribution in [-0.4, -0.2) is 130 Å². The van der Waals surface area contributed by atoms with E-state index in [1.807, 2.05) is 94.7 Å². The number of nitrogens with two attached hydrogens (primary N) is 1. The fourth-order valence-corrected chi connectivity index (χ4v) is 8.82. The zero-order chi connectivity index (χ0) is 49.7. The molecular weight excluding hydrogens is 901 g/mol. The number of para-hydroxylation sites is 1. The highest BCUT2D eigenvalue weighted by molar-refractivity contribution is 7.13. The normalized spacial score (nSPS) is 16.1. The van der Waals surface area contributed by atoms with Gasteiger partial charge in [-0.1, -0.05) is 87.5 Å². The van der Waals surface area contributed by atoms with Crippen molar-refractivity contribution in [2.45, 2.75) is 84.0 Å². The average molecular weight is 965 g/mol. The Morgan fingerprint density at radius 3 is 2.26 bits per heavy atom. The van der Waals surface area contributed by atoms with Gasteiger partial charge in [0.05, 0.1) is 67.7 Å². The molecule has 1 fully saturated rings. The van der Waals surface area contributed by atoms with Crippen molar-refractivity contribution in [1.82, 2.24) is 35.6 Å². The van der Waals surface area contributed by atoms with Gasteiger partial charge in [0.25, 0.3) is 0 Å². The average Bonchev–Trinajstić information content (AvgIpc) is 3.95. The summed E-state index contributed by atoms with van der Waals surface area (Å²) in [5.74, 6) is -1.12. The number of hydrogen-bond acceptors (Lipinski definition) is 14. The molecule has 1 aliphatic heterocycles. The Hall–Kier alpha value is -6.47. The zero-order valence-corrected chi connectivity index (χ0v) is 40.9. The number of carbonyl (C=O) groups excluding carboxylic acids is 4. The van der Waals surface area contributed by atoms with Crippen molar-refractivity contribution in [3.63, 3.8) is 0 Å². The number of thiazole rings is 1. The molecule has 5 unspecified atom stereocenters. The molecule has 0 radical (unpaired) electrons. The van der Waals surface area contributed by atoms with Crippen molar-refractivity contribution in [3.8, 4) is 33.2 Å². The first kappa shape index (κ1) is 51.9. The number of nitrogens with zero attached hydrogens (tertiary/aromatic N) is 5. The van der Waals surface area contributed by atoms with Crippen molar-refractivity contribution >= 4 is 40.8 Å². The first-order chi connectivity index (χ1) is 33.0. The molecule has 69 heavy (non-hydrogen) atoms. The molecule has 4 amide bonds. The number of phenols is 1. The Kier molecular flexibility index (Phi) is 18.2. The summed E-state index contributed by atoms with van der Waals surface area (Å²) < 4.78 is 17.5. The number of aryl methyl sites for hydroxylation is 1. The third-order valence-electron chi connectivity index (χ3n) is 12.0. The van der Waals surface area contributed by atoms with Crippen LogP contribution in [0.5, 0.6) is 11.5 Å². The number of nitrogen functional groups attached to an aromatic ring is 1. The van der Waals surface area contributed by atoms with E-state index >= 15 is 0 Å². The summed E-state index contributed by atoms with van der Waals surface area (Å²) in [7, 11) is 1.72. The first-order valence-electron chi connectivity index (χ1n) is 23.1. The van der Waals surface area contributed by atoms with E-state index < -0.39 is 35.4 Å². The molecule has 6 rings (SSSR count). The van der Waals surface area contributed by atoms with E-state index in [-0.39, 0.29) is 94.2 Å². The van der Waals surface area contributed by atoms with E-state index in [2.05, 4.69) is 25.8 Å². The maximum absolute atomic E-state index is 14.1. The highest BCUT2D eigenvalue weighted by atomic mass is 32.1. The van der Waals surface area contributed by atoms with Crippen LogP contribution in [0.2, 0.25) is 0 Å². The van der Waals surface area contributed by atoms with E-state index in [1.165, 1.54) is 4.90 Å². The maximum Gasteiger partial charge on any atom is 0.246 e. The van der Waals surface area contributed by atoms with E-state index in [0.29, 0.717) is 23.6 Å². The Bertz CT molecular complexity index is 2500. The molecule has 0 bridgehead atoms. The van der Waals surface area contributed by atoms with Crippen LogP contribution in [-0.2, 0) is 28.7 Å². The molecule has 5 atom stereocenters. The number of carbonyl (C=O) groups is 4. The number of rotatable bonds is 22. The summed E-state index contributed by atoms with van der Waals surface area (Å²) in [6.45, 7) is 10.4. The molecule has 0 aliphatic carbocycles. The summed E-state index contributed by atoms with van der Waals surface area (Å²) in [4.78, 5) is 62.5. The van der Waals surface area contributed by atoms with Crippen LogP contribution < -0.4 is 21.1 Å². The number of β-amino-alcohol motifs (C(OH)–C–C–N with tert-alkyl or cyclic N) is 1. The van der Waals surface area contributed by atoms with Gasteiger partial charge in [0, 0.05) is 50.5 Å². The van der Waals surface area contributed by atoms with Crippen LogP contribution >= 0.6 is 11.3 Å². The minimum absolute atomic E-state index is 0.0249. The fraction of sp³-hybridized carbons (Fsp3) is 0.431. The maximum atomic E-state index is 14.1. The predicted molar refractivity (Wildman–Crippen MR) is 263 cm³/mol. The molecule has 17 nitrogen and oxygen atoms in total. The van der Waals surface area contributed by atoms with Crippen LogP contribution in [0.4, 0.5) is 5.82 Å². The van der Waals surface area contributed by atoms with Gasteiger partial charge < -0.3 is 50.6 Å². The Labute approximate surface area is 407 Å². The largest absolute Gasteiger partial charge is 0.507 e. The van der Waals surface area contributed by atoms with Gasteiger partial charge >= 0.3 is 0 Å². The smallest absolute Gasteiger partial charge is 0.246 e. The quantitative estimate of drug-likeness (QED) is 0.0528. The number of benzene rings is 3. The number of nitrogens with one attached hydrogen (secondary N) is 2. The Morgan fingerprint density at radius 1 is 0.913 bits per heavy atom. The van der Waals surface area contributed by atoms with Crippen LogP contribution in [0.3, 0.4) is 0 Å². The number of aromatic nitrogens is 3. The van der Waals surface area contributed by atoms with Gasteiger partial charge in [-0.25, -0.2) is 4.98 Å². The number of anilines is 1. The van der Waals surface area contributed by atoms with Crippen LogP contribution in [0, 0.1) is 12.3 Å². The molecule has 1 aliphatic rings. The first-order valence-corrected chi connectivity index (χ1v) is 24.0. The molecule has 5 aromatic rings. The van der Waals surface area contributed by atoms with Gasteiger partial charge in [0.1, 0.15) is 23.5 Å². The lowest BCUT2D eigenvalue weighted by atomic mass is 9.85. The van der Waals surface area contributed by atoms with Crippen LogP contribution in [0.1, 0.15) is 75.7 Å². The highest BCUT2D eigenvalue weighted by Crippen LogP contribution is 2.33. The SMILES string of the molecule is Cc1ncsc1-c1ccc(C(C)NC(=O)C2CC(O)CN2C(=O)C(NC(=O)CCOCCOCCC(=O)N(C)CC(COc2cc(-c3ccccc3O)nnc2N)c2ccccc2)C(C)(C)C)cc1.